The number of phosphoric ester groups is 1. The summed E-state index contributed by atoms with van der Waals surface area (Å²) < 4.78 is 52.3. The average molecular weight is 491 g/mol. The Labute approximate surface area is 166 Å². The third kappa shape index (κ3) is 5.68. The maximum atomic E-state index is 11.8. The number of fused-ring (bicyclic) bond motifs is 1. The number of imidazole rings is 1. The topological polar surface area (TPSA) is 259 Å². The molecule has 1 aliphatic heterocycles. The minimum absolute atomic E-state index is 0.000206. The number of hydrogen-bond donors (Lipinski definition) is 6. The highest BCUT2D eigenvalue weighted by atomic mass is 31.3. The van der Waals surface area contributed by atoms with Crippen molar-refractivity contribution in [1.29, 1.82) is 0 Å². The molecule has 17 nitrogen and oxygen atoms in total. The molecule has 30 heavy (non-hydrogen) atoms. The van der Waals surface area contributed by atoms with Crippen molar-refractivity contribution in [2.75, 3.05) is 12.3 Å². The lowest BCUT2D eigenvalue weighted by Crippen LogP contribution is -2.26. The zero-order valence-corrected chi connectivity index (χ0v) is 17.3. The van der Waals surface area contributed by atoms with Gasteiger partial charge in [0.1, 0.15) is 24.2 Å². The van der Waals surface area contributed by atoms with Gasteiger partial charge in [0.05, 0.1) is 19.0 Å². The van der Waals surface area contributed by atoms with Gasteiger partial charge in [0.2, 0.25) is 0 Å². The highest BCUT2D eigenvalue weighted by Crippen LogP contribution is 2.66. The summed E-state index contributed by atoms with van der Waals surface area (Å²) in [5.74, 6) is 0.126. The van der Waals surface area contributed by atoms with Gasteiger partial charge >= 0.3 is 23.5 Å². The second-order valence-electron chi connectivity index (χ2n) is 5.90. The van der Waals surface area contributed by atoms with Crippen molar-refractivity contribution < 1.29 is 56.3 Å². The number of phosphoric acid groups is 3. The Morgan fingerprint density at radius 3 is 2.50 bits per heavy atom. The number of rotatable bonds is 8. The van der Waals surface area contributed by atoms with Gasteiger partial charge in [-0.1, -0.05) is 0 Å². The Balaban J connectivity index is 1.64. The van der Waals surface area contributed by atoms with E-state index in [1.54, 1.807) is 0 Å². The maximum Gasteiger partial charge on any atom is 0.490 e. The lowest BCUT2D eigenvalue weighted by molar-refractivity contribution is -0.0423. The van der Waals surface area contributed by atoms with Crippen LogP contribution in [-0.2, 0) is 31.6 Å². The molecule has 0 spiro atoms. The second-order valence-corrected chi connectivity index (χ2v) is 10.3. The molecule has 7 N–H and O–H groups in total. The van der Waals surface area contributed by atoms with Crippen LogP contribution in [0.5, 0.6) is 0 Å². The molecular formula is C10H16N5O12P3. The molecule has 1 fully saturated rings. The van der Waals surface area contributed by atoms with Crippen molar-refractivity contribution in [3.8, 4) is 0 Å². The van der Waals surface area contributed by atoms with Gasteiger partial charge in [-0.15, -0.1) is 0 Å². The van der Waals surface area contributed by atoms with Gasteiger partial charge in [-0.2, -0.15) is 8.62 Å². The van der Waals surface area contributed by atoms with Crippen LogP contribution in [0.3, 0.4) is 0 Å². The number of ether oxygens (including phenoxy) is 1. The fraction of sp³-hybridized carbons (Fsp3) is 0.500. The molecule has 3 rings (SSSR count). The molecule has 20 heteroatoms. The lowest BCUT2D eigenvalue weighted by Gasteiger charge is -2.19. The zero-order chi connectivity index (χ0) is 22.3. The minimum Gasteiger partial charge on any atom is -0.390 e. The molecule has 0 radical (unpaired) electrons. The molecule has 1 aliphatic rings. The number of nitrogen functional groups attached to an aromatic ring is 1. The Hall–Kier alpha value is -1.32. The van der Waals surface area contributed by atoms with Crippen LogP contribution in [0.2, 0.25) is 0 Å². The van der Waals surface area contributed by atoms with Crippen LogP contribution in [0.25, 0.3) is 11.2 Å². The zero-order valence-electron chi connectivity index (χ0n) is 14.6. The van der Waals surface area contributed by atoms with Gasteiger partial charge in [0, 0.05) is 6.42 Å². The second kappa shape index (κ2) is 8.31. The molecule has 1 saturated heterocycles. The van der Waals surface area contributed by atoms with Crippen molar-refractivity contribution in [1.82, 2.24) is 19.5 Å². The molecular weight excluding hydrogens is 475 g/mol. The van der Waals surface area contributed by atoms with E-state index < -0.39 is 48.5 Å². The van der Waals surface area contributed by atoms with E-state index >= 15 is 0 Å². The smallest absolute Gasteiger partial charge is 0.390 e. The Bertz CT molecular complexity index is 1070. The normalized spacial score (nSPS) is 26.5. The van der Waals surface area contributed by atoms with Crippen LogP contribution < -0.4 is 5.73 Å². The number of hydrogen-bond acceptors (Lipinski definition) is 12. The van der Waals surface area contributed by atoms with Crippen molar-refractivity contribution in [3.05, 3.63) is 12.7 Å². The van der Waals surface area contributed by atoms with Crippen molar-refractivity contribution >= 4 is 40.4 Å². The van der Waals surface area contributed by atoms with Crippen LogP contribution in [0.15, 0.2) is 12.7 Å². The summed E-state index contributed by atoms with van der Waals surface area (Å²) in [6.07, 6.45) is -0.643. The molecule has 3 heterocycles. The number of aliphatic hydroxyl groups excluding tert-OH is 1. The summed E-state index contributed by atoms with van der Waals surface area (Å²) in [5.41, 5.74) is 6.31. The fourth-order valence-corrected chi connectivity index (χ4v) is 5.62. The van der Waals surface area contributed by atoms with Crippen LogP contribution >= 0.6 is 23.5 Å². The first-order valence-electron chi connectivity index (χ1n) is 7.81. The van der Waals surface area contributed by atoms with E-state index in [4.69, 9.17) is 25.2 Å². The van der Waals surface area contributed by atoms with E-state index in [0.29, 0.717) is 11.2 Å². The van der Waals surface area contributed by atoms with E-state index in [1.165, 1.54) is 17.2 Å². The highest BCUT2D eigenvalue weighted by molar-refractivity contribution is 7.66. The first-order valence-corrected chi connectivity index (χ1v) is 12.3. The first kappa shape index (κ1) is 23.3. The molecule has 0 aromatic carbocycles. The molecule has 5 atom stereocenters. The van der Waals surface area contributed by atoms with Gasteiger partial charge in [-0.3, -0.25) is 9.09 Å². The monoisotopic (exact) mass is 491 g/mol. The SMILES string of the molecule is Nc1ncnc2c1ncn2[C@H]1C[C@H](O)[C@H](COP(=O)(O)OP(=O)(O)OP(=O)(O)O)O1. The number of nitrogens with zero attached hydrogens (tertiary/aromatic N) is 4. The van der Waals surface area contributed by atoms with E-state index in [-0.39, 0.29) is 12.2 Å². The van der Waals surface area contributed by atoms with Crippen LogP contribution in [0, 0.1) is 0 Å². The summed E-state index contributed by atoms with van der Waals surface area (Å²) in [6, 6.07) is 0. The molecule has 0 aliphatic carbocycles. The molecule has 2 aromatic heterocycles. The molecule has 0 bridgehead atoms. The largest absolute Gasteiger partial charge is 0.490 e. The number of aromatic nitrogens is 4. The Kier molecular flexibility index (Phi) is 6.47. The van der Waals surface area contributed by atoms with Gasteiger partial charge in [-0.05, 0) is 0 Å². The summed E-state index contributed by atoms with van der Waals surface area (Å²) in [4.78, 5) is 47.4. The van der Waals surface area contributed by atoms with Crippen molar-refractivity contribution in [2.45, 2.75) is 24.9 Å². The fourth-order valence-electron chi connectivity index (χ4n) is 2.59. The summed E-state index contributed by atoms with van der Waals surface area (Å²) in [5, 5.41) is 10.1. The van der Waals surface area contributed by atoms with Crippen molar-refractivity contribution in [3.63, 3.8) is 0 Å². The Morgan fingerprint density at radius 1 is 1.13 bits per heavy atom. The summed E-state index contributed by atoms with van der Waals surface area (Å²) >= 11 is 0. The molecule has 0 saturated carbocycles. The third-order valence-electron chi connectivity index (χ3n) is 3.72. The minimum atomic E-state index is -5.64. The average Bonchev–Trinajstić information content (AvgIpc) is 3.14. The van der Waals surface area contributed by atoms with Gasteiger partial charge in [-0.25, -0.2) is 28.6 Å². The van der Waals surface area contributed by atoms with Gasteiger partial charge in [0.15, 0.2) is 11.5 Å². The standard InChI is InChI=1S/C10H16N5O12P3/c11-9-8-10(13-3-12-9)15(4-14-8)7-1-5(16)6(25-7)2-24-29(20,21)27-30(22,23)26-28(17,18)19/h3-7,16H,1-2H2,(H,20,21)(H,22,23)(H2,11,12,13)(H2,17,18,19)/t5-,6-,7+/m0/s1. The van der Waals surface area contributed by atoms with E-state index in [2.05, 4.69) is 28.1 Å². The molecule has 0 amide bonds. The van der Waals surface area contributed by atoms with Crippen molar-refractivity contribution in [2.24, 2.45) is 0 Å². The summed E-state index contributed by atoms with van der Waals surface area (Å²) in [7, 11) is -16.5. The number of nitrogens with two attached hydrogens (primary N) is 1. The van der Waals surface area contributed by atoms with Crippen LogP contribution in [0.4, 0.5) is 5.82 Å². The molecule has 2 aromatic rings. The third-order valence-corrected chi connectivity index (χ3v) is 7.52. The molecule has 2 unspecified atom stereocenters. The van der Waals surface area contributed by atoms with E-state index in [0.717, 1.165) is 0 Å². The van der Waals surface area contributed by atoms with E-state index in [9.17, 15) is 23.7 Å². The number of aliphatic hydroxyl groups is 1. The predicted molar refractivity (Wildman–Crippen MR) is 94.1 cm³/mol. The summed E-state index contributed by atoms with van der Waals surface area (Å²) in [6.45, 7) is -0.787. The number of anilines is 1. The Morgan fingerprint density at radius 2 is 1.83 bits per heavy atom. The molecule has 168 valence electrons. The van der Waals surface area contributed by atoms with E-state index in [1.807, 2.05) is 0 Å². The first-order chi connectivity index (χ1) is 13.8. The maximum absolute atomic E-state index is 11.8. The quantitative estimate of drug-likeness (QED) is 0.252. The lowest BCUT2D eigenvalue weighted by atomic mass is 10.2. The highest BCUT2D eigenvalue weighted by Gasteiger charge is 2.43. The van der Waals surface area contributed by atoms with Crippen LogP contribution in [-0.4, -0.2) is 63.0 Å². The van der Waals surface area contributed by atoms with Crippen LogP contribution in [0.1, 0.15) is 12.6 Å². The van der Waals surface area contributed by atoms with Gasteiger partial charge < -0.3 is 35.2 Å². The van der Waals surface area contributed by atoms with Gasteiger partial charge in [0.25, 0.3) is 0 Å². The predicted octanol–water partition coefficient (Wildman–Crippen LogP) is -0.600.